The van der Waals surface area contributed by atoms with Gasteiger partial charge in [0.05, 0.1) is 0 Å². The van der Waals surface area contributed by atoms with Gasteiger partial charge in [-0.2, -0.15) is 0 Å². The second kappa shape index (κ2) is 7.83. The van der Waals surface area contributed by atoms with Gasteiger partial charge >= 0.3 is 11.9 Å². The Morgan fingerprint density at radius 3 is 2.78 bits per heavy atom. The lowest BCUT2D eigenvalue weighted by Gasteiger charge is -2.49. The third kappa shape index (κ3) is 3.87. The first-order chi connectivity index (χ1) is 11.0. The van der Waals surface area contributed by atoms with E-state index in [0.29, 0.717) is 11.3 Å². The Morgan fingerprint density at radius 2 is 2.17 bits per heavy atom. The van der Waals surface area contributed by atoms with Crippen LogP contribution in [0.4, 0.5) is 0 Å². The standard InChI is InChI=1S/C15H22N2O5S/c1-3-4-5-6-16-11-13(19)17-12(15(20)21)10(7-22-9(2)18)8-23-14(11)17/h11,14,16H,3-8H2,1-2H3,(H,20,21)/t11-,14-/m1/s1. The molecular formula is C15H22N2O5S. The summed E-state index contributed by atoms with van der Waals surface area (Å²) in [4.78, 5) is 36.1. The first-order valence-electron chi connectivity index (χ1n) is 7.74. The molecule has 0 radical (unpaired) electrons. The highest BCUT2D eigenvalue weighted by Gasteiger charge is 2.53. The van der Waals surface area contributed by atoms with E-state index in [4.69, 9.17) is 4.74 Å². The Bertz CT molecular complexity index is 534. The molecule has 0 aromatic heterocycles. The van der Waals surface area contributed by atoms with Crippen LogP contribution in [0.25, 0.3) is 0 Å². The van der Waals surface area contributed by atoms with Crippen molar-refractivity contribution in [2.75, 3.05) is 18.9 Å². The fraction of sp³-hybridized carbons (Fsp3) is 0.667. The molecule has 2 aliphatic heterocycles. The monoisotopic (exact) mass is 342 g/mol. The number of carboxylic acid groups (broad SMARTS) is 1. The van der Waals surface area contributed by atoms with Crippen molar-refractivity contribution in [3.05, 3.63) is 11.3 Å². The van der Waals surface area contributed by atoms with E-state index >= 15 is 0 Å². The lowest BCUT2D eigenvalue weighted by Crippen LogP contribution is -2.70. The second-order valence-electron chi connectivity index (χ2n) is 5.59. The van der Waals surface area contributed by atoms with Crippen molar-refractivity contribution < 1.29 is 24.2 Å². The zero-order chi connectivity index (χ0) is 17.0. The van der Waals surface area contributed by atoms with Crippen LogP contribution in [0.15, 0.2) is 11.3 Å². The van der Waals surface area contributed by atoms with Gasteiger partial charge in [0.15, 0.2) is 0 Å². The molecule has 7 nitrogen and oxygen atoms in total. The Hall–Kier alpha value is -1.54. The van der Waals surface area contributed by atoms with Gasteiger partial charge in [-0.05, 0) is 13.0 Å². The average molecular weight is 342 g/mol. The van der Waals surface area contributed by atoms with Gasteiger partial charge in [0.2, 0.25) is 5.91 Å². The molecule has 2 N–H and O–H groups in total. The number of fused-ring (bicyclic) bond motifs is 1. The van der Waals surface area contributed by atoms with Crippen LogP contribution in [0, 0.1) is 0 Å². The number of rotatable bonds is 8. The number of hydrogen-bond acceptors (Lipinski definition) is 6. The van der Waals surface area contributed by atoms with Gasteiger partial charge < -0.3 is 15.2 Å². The molecule has 128 valence electrons. The quantitative estimate of drug-likeness (QED) is 0.385. The van der Waals surface area contributed by atoms with Crippen molar-refractivity contribution in [3.63, 3.8) is 0 Å². The van der Waals surface area contributed by atoms with Crippen LogP contribution >= 0.6 is 11.8 Å². The number of nitrogens with zero attached hydrogens (tertiary/aromatic N) is 1. The third-order valence-corrected chi connectivity index (χ3v) is 5.18. The molecular weight excluding hydrogens is 320 g/mol. The highest BCUT2D eigenvalue weighted by molar-refractivity contribution is 8.00. The number of hydrogen-bond donors (Lipinski definition) is 2. The highest BCUT2D eigenvalue weighted by Crippen LogP contribution is 2.40. The minimum Gasteiger partial charge on any atom is -0.477 e. The van der Waals surface area contributed by atoms with E-state index in [1.165, 1.54) is 23.6 Å². The molecule has 2 heterocycles. The normalized spacial score (nSPS) is 23.4. The number of unbranched alkanes of at least 4 members (excludes halogenated alkanes) is 2. The molecule has 0 spiro atoms. The van der Waals surface area contributed by atoms with Gasteiger partial charge in [-0.3, -0.25) is 14.5 Å². The van der Waals surface area contributed by atoms with Crippen molar-refractivity contribution in [2.24, 2.45) is 0 Å². The SMILES string of the molecule is CCCCCN[C@@H]1C(=O)N2C(C(=O)O)=C(COC(C)=O)CS[C@H]12. The summed E-state index contributed by atoms with van der Waals surface area (Å²) in [6.45, 7) is 4.04. The summed E-state index contributed by atoms with van der Waals surface area (Å²) in [6, 6.07) is -0.332. The molecule has 23 heavy (non-hydrogen) atoms. The van der Waals surface area contributed by atoms with E-state index in [1.807, 2.05) is 0 Å². The molecule has 1 amide bonds. The molecule has 0 unspecified atom stereocenters. The summed E-state index contributed by atoms with van der Waals surface area (Å²) in [7, 11) is 0. The lowest BCUT2D eigenvalue weighted by molar-refractivity contribution is -0.149. The number of aliphatic carboxylic acids is 1. The molecule has 1 saturated heterocycles. The van der Waals surface area contributed by atoms with Crippen molar-refractivity contribution in [2.45, 2.75) is 44.5 Å². The summed E-state index contributed by atoms with van der Waals surface area (Å²) in [5, 5.41) is 12.4. The predicted octanol–water partition coefficient (Wildman–Crippen LogP) is 0.952. The number of β-lactam (4-membered cyclic amide) rings is 1. The summed E-state index contributed by atoms with van der Waals surface area (Å²) in [5.41, 5.74) is 0.429. The molecule has 2 rings (SSSR count). The van der Waals surface area contributed by atoms with E-state index < -0.39 is 11.9 Å². The van der Waals surface area contributed by atoms with Crippen molar-refractivity contribution in [3.8, 4) is 0 Å². The number of thioether (sulfide) groups is 1. The van der Waals surface area contributed by atoms with Crippen LogP contribution in [0.2, 0.25) is 0 Å². The van der Waals surface area contributed by atoms with E-state index in [0.717, 1.165) is 25.8 Å². The predicted molar refractivity (Wildman–Crippen MR) is 85.7 cm³/mol. The number of ether oxygens (including phenoxy) is 1. The van der Waals surface area contributed by atoms with Crippen molar-refractivity contribution in [1.29, 1.82) is 0 Å². The molecule has 0 aromatic rings. The van der Waals surface area contributed by atoms with Crippen molar-refractivity contribution in [1.82, 2.24) is 10.2 Å². The van der Waals surface area contributed by atoms with Gasteiger partial charge in [-0.1, -0.05) is 19.8 Å². The number of amides is 1. The molecule has 8 heteroatoms. The smallest absolute Gasteiger partial charge is 0.352 e. The fourth-order valence-electron chi connectivity index (χ4n) is 2.67. The molecule has 0 bridgehead atoms. The Balaban J connectivity index is 2.04. The first kappa shape index (κ1) is 17.8. The van der Waals surface area contributed by atoms with Gasteiger partial charge in [-0.15, -0.1) is 11.8 Å². The Labute approximate surface area is 139 Å². The van der Waals surface area contributed by atoms with Gasteiger partial charge in [0.1, 0.15) is 23.7 Å². The third-order valence-electron chi connectivity index (χ3n) is 3.84. The fourth-order valence-corrected chi connectivity index (χ4v) is 4.03. The molecule has 0 aliphatic carbocycles. The minimum absolute atomic E-state index is 0.0355. The lowest BCUT2D eigenvalue weighted by atomic mass is 10.0. The Morgan fingerprint density at radius 1 is 1.43 bits per heavy atom. The van der Waals surface area contributed by atoms with Crippen LogP contribution in [0.3, 0.4) is 0 Å². The van der Waals surface area contributed by atoms with Crippen molar-refractivity contribution >= 4 is 29.6 Å². The zero-order valence-corrected chi connectivity index (χ0v) is 14.1. The second-order valence-corrected chi connectivity index (χ2v) is 6.69. The van der Waals surface area contributed by atoms with E-state index in [9.17, 15) is 19.5 Å². The number of nitrogens with one attached hydrogen (secondary N) is 1. The summed E-state index contributed by atoms with van der Waals surface area (Å²) >= 11 is 1.50. The van der Waals surface area contributed by atoms with Gasteiger partial charge in [0, 0.05) is 18.2 Å². The van der Waals surface area contributed by atoms with Crippen LogP contribution in [0.1, 0.15) is 33.1 Å². The molecule has 2 aliphatic rings. The maximum Gasteiger partial charge on any atom is 0.352 e. The van der Waals surface area contributed by atoms with E-state index in [-0.39, 0.29) is 29.6 Å². The van der Waals surface area contributed by atoms with Gasteiger partial charge in [0.25, 0.3) is 0 Å². The number of carbonyl (C=O) groups is 3. The van der Waals surface area contributed by atoms with Crippen LogP contribution in [-0.4, -0.2) is 58.2 Å². The largest absolute Gasteiger partial charge is 0.477 e. The highest BCUT2D eigenvalue weighted by atomic mass is 32.2. The molecule has 1 fully saturated rings. The maximum atomic E-state index is 12.3. The number of carboxylic acids is 1. The minimum atomic E-state index is -1.16. The van der Waals surface area contributed by atoms with Crippen LogP contribution < -0.4 is 5.32 Å². The molecule has 0 aromatic carbocycles. The van der Waals surface area contributed by atoms with E-state index in [1.54, 1.807) is 0 Å². The topological polar surface area (TPSA) is 95.9 Å². The molecule has 0 saturated carbocycles. The molecule has 2 atom stereocenters. The number of esters is 1. The zero-order valence-electron chi connectivity index (χ0n) is 13.3. The summed E-state index contributed by atoms with van der Waals surface area (Å²) in [6.07, 6.45) is 3.20. The summed E-state index contributed by atoms with van der Waals surface area (Å²) in [5.74, 6) is -1.41. The Kier molecular flexibility index (Phi) is 6.06. The van der Waals surface area contributed by atoms with Crippen LogP contribution in [0.5, 0.6) is 0 Å². The average Bonchev–Trinajstić information content (AvgIpc) is 2.51. The van der Waals surface area contributed by atoms with E-state index in [2.05, 4.69) is 12.2 Å². The maximum absolute atomic E-state index is 12.3. The van der Waals surface area contributed by atoms with Gasteiger partial charge in [-0.25, -0.2) is 4.79 Å². The first-order valence-corrected chi connectivity index (χ1v) is 8.79. The van der Waals surface area contributed by atoms with Crippen LogP contribution in [-0.2, 0) is 19.1 Å². The number of carbonyl (C=O) groups excluding carboxylic acids is 2. The summed E-state index contributed by atoms with van der Waals surface area (Å²) < 4.78 is 4.90.